The molecule has 0 amide bonds. The third-order valence-corrected chi connectivity index (χ3v) is 4.92. The summed E-state index contributed by atoms with van der Waals surface area (Å²) in [5.41, 5.74) is 0. The molecule has 1 N–H and O–H groups in total. The summed E-state index contributed by atoms with van der Waals surface area (Å²) in [4.78, 5) is 0. The van der Waals surface area contributed by atoms with E-state index in [4.69, 9.17) is 14.3 Å². The number of furan rings is 1. The van der Waals surface area contributed by atoms with E-state index in [1.807, 2.05) is 0 Å². The van der Waals surface area contributed by atoms with Gasteiger partial charge in [0.1, 0.15) is 12.4 Å². The van der Waals surface area contributed by atoms with Crippen molar-refractivity contribution in [3.05, 3.63) is 17.9 Å². The summed E-state index contributed by atoms with van der Waals surface area (Å²) in [6.45, 7) is 0.839. The van der Waals surface area contributed by atoms with Gasteiger partial charge in [-0.1, -0.05) is 0 Å². The van der Waals surface area contributed by atoms with Crippen molar-refractivity contribution in [1.29, 1.82) is 0 Å². The molecule has 0 saturated carbocycles. The lowest BCUT2D eigenvalue weighted by atomic mass is 10.1. The van der Waals surface area contributed by atoms with Crippen molar-refractivity contribution < 1.29 is 22.7 Å². The summed E-state index contributed by atoms with van der Waals surface area (Å²) >= 11 is 0. The highest BCUT2D eigenvalue weighted by molar-refractivity contribution is 7.89. The number of hydrogen-bond donors (Lipinski definition) is 1. The number of hydrogen-bond acceptors (Lipinski definition) is 5. The van der Waals surface area contributed by atoms with Crippen molar-refractivity contribution >= 4 is 10.0 Å². The van der Waals surface area contributed by atoms with E-state index in [0.717, 1.165) is 0 Å². The van der Waals surface area contributed by atoms with Crippen LogP contribution in [0, 0.1) is 0 Å². The van der Waals surface area contributed by atoms with Crippen LogP contribution in [0.25, 0.3) is 0 Å². The van der Waals surface area contributed by atoms with Gasteiger partial charge in [-0.15, -0.1) is 0 Å². The van der Waals surface area contributed by atoms with Gasteiger partial charge in [0.25, 0.3) is 10.0 Å². The second-order valence-corrected chi connectivity index (χ2v) is 6.17. The van der Waals surface area contributed by atoms with Gasteiger partial charge in [-0.2, -0.15) is 4.31 Å². The van der Waals surface area contributed by atoms with E-state index >= 15 is 0 Å². The fourth-order valence-corrected chi connectivity index (χ4v) is 3.31. The highest BCUT2D eigenvalue weighted by Crippen LogP contribution is 2.23. The van der Waals surface area contributed by atoms with Crippen LogP contribution < -0.4 is 0 Å². The number of ether oxygens (including phenoxy) is 1. The van der Waals surface area contributed by atoms with Crippen LogP contribution in [0.5, 0.6) is 0 Å². The molecule has 7 heteroatoms. The van der Waals surface area contributed by atoms with E-state index in [-0.39, 0.29) is 23.5 Å². The van der Waals surface area contributed by atoms with E-state index < -0.39 is 10.0 Å². The summed E-state index contributed by atoms with van der Waals surface area (Å²) in [5, 5.41) is 8.76. The lowest BCUT2D eigenvalue weighted by molar-refractivity contribution is 0.0628. The van der Waals surface area contributed by atoms with Gasteiger partial charge in [0.15, 0.2) is 0 Å². The molecule has 0 radical (unpaired) electrons. The molecule has 1 aromatic heterocycles. The van der Waals surface area contributed by atoms with E-state index in [2.05, 4.69) is 0 Å². The number of aliphatic hydroxyl groups is 1. The Kier molecular flexibility index (Phi) is 4.06. The molecule has 1 aliphatic rings. The zero-order chi connectivity index (χ0) is 13.2. The molecule has 0 bridgehead atoms. The maximum Gasteiger partial charge on any atom is 0.276 e. The van der Waals surface area contributed by atoms with Crippen molar-refractivity contribution in [3.8, 4) is 0 Å². The highest BCUT2D eigenvalue weighted by atomic mass is 32.2. The zero-order valence-electron chi connectivity index (χ0n) is 10.2. The zero-order valence-corrected chi connectivity index (χ0v) is 11.0. The van der Waals surface area contributed by atoms with Crippen LogP contribution in [0.3, 0.4) is 0 Å². The second kappa shape index (κ2) is 5.40. The number of nitrogens with zero attached hydrogens (tertiary/aromatic N) is 1. The molecule has 102 valence electrons. The van der Waals surface area contributed by atoms with Crippen molar-refractivity contribution in [2.45, 2.75) is 30.6 Å². The molecule has 0 aromatic carbocycles. The number of sulfonamides is 1. The number of aliphatic hydroxyl groups excluding tert-OH is 1. The molecule has 0 unspecified atom stereocenters. The van der Waals surface area contributed by atoms with Crippen LogP contribution in [0.2, 0.25) is 0 Å². The average Bonchev–Trinajstić information content (AvgIpc) is 2.88. The Labute approximate surface area is 106 Å². The van der Waals surface area contributed by atoms with E-state index in [1.54, 1.807) is 7.05 Å². The Bertz CT molecular complexity index is 489. The maximum atomic E-state index is 12.3. The first kappa shape index (κ1) is 13.5. The molecule has 1 aromatic rings. The van der Waals surface area contributed by atoms with Crippen molar-refractivity contribution in [1.82, 2.24) is 4.31 Å². The summed E-state index contributed by atoms with van der Waals surface area (Å²) in [6.07, 6.45) is 1.37. The predicted octanol–water partition coefficient (Wildman–Crippen LogP) is 0.571. The smallest absolute Gasteiger partial charge is 0.276 e. The minimum Gasteiger partial charge on any atom is -0.446 e. The van der Waals surface area contributed by atoms with Gasteiger partial charge in [-0.25, -0.2) is 8.42 Å². The fourth-order valence-electron chi connectivity index (χ4n) is 1.97. The third-order valence-electron chi connectivity index (χ3n) is 3.13. The van der Waals surface area contributed by atoms with Crippen LogP contribution in [-0.2, 0) is 21.4 Å². The fraction of sp³-hybridized carbons (Fsp3) is 0.636. The van der Waals surface area contributed by atoms with Gasteiger partial charge < -0.3 is 14.3 Å². The summed E-state index contributed by atoms with van der Waals surface area (Å²) in [7, 11) is -2.08. The third kappa shape index (κ3) is 2.59. The minimum absolute atomic E-state index is 0.0635. The van der Waals surface area contributed by atoms with E-state index in [1.165, 1.54) is 16.4 Å². The average molecular weight is 275 g/mol. The molecular weight excluding hydrogens is 258 g/mol. The Morgan fingerprint density at radius 1 is 1.39 bits per heavy atom. The van der Waals surface area contributed by atoms with Gasteiger partial charge >= 0.3 is 0 Å². The summed E-state index contributed by atoms with van der Waals surface area (Å²) < 4.78 is 36.2. The molecule has 2 rings (SSSR count). The molecule has 1 fully saturated rings. The van der Waals surface area contributed by atoms with Crippen LogP contribution in [0.4, 0.5) is 0 Å². The van der Waals surface area contributed by atoms with Crippen molar-refractivity contribution in [2.24, 2.45) is 0 Å². The first-order valence-corrected chi connectivity index (χ1v) is 7.25. The van der Waals surface area contributed by atoms with Crippen LogP contribution in [-0.4, -0.2) is 44.1 Å². The summed E-state index contributed by atoms with van der Waals surface area (Å²) in [5.74, 6) is 0.244. The normalized spacial score (nSPS) is 18.4. The highest BCUT2D eigenvalue weighted by Gasteiger charge is 2.31. The van der Waals surface area contributed by atoms with Gasteiger partial charge in [0.05, 0.1) is 0 Å². The SMILES string of the molecule is CN(C1CCOCC1)S(=O)(=O)c1ccc(CO)o1. The molecule has 2 heterocycles. The van der Waals surface area contributed by atoms with Crippen molar-refractivity contribution in [2.75, 3.05) is 20.3 Å². The van der Waals surface area contributed by atoms with Crippen LogP contribution in [0.1, 0.15) is 18.6 Å². The monoisotopic (exact) mass is 275 g/mol. The maximum absolute atomic E-state index is 12.3. The molecular formula is C11H17NO5S. The van der Waals surface area contributed by atoms with Gasteiger partial charge in [0, 0.05) is 26.3 Å². The Morgan fingerprint density at radius 2 is 2.06 bits per heavy atom. The van der Waals surface area contributed by atoms with Gasteiger partial charge in [-0.3, -0.25) is 0 Å². The van der Waals surface area contributed by atoms with Gasteiger partial charge in [-0.05, 0) is 25.0 Å². The standard InChI is InChI=1S/C11H17NO5S/c1-12(9-4-6-16-7-5-9)18(14,15)11-3-2-10(8-13)17-11/h2-3,9,13H,4-8H2,1H3. The Balaban J connectivity index is 2.18. The molecule has 1 saturated heterocycles. The van der Waals surface area contributed by atoms with Gasteiger partial charge in [0.2, 0.25) is 5.09 Å². The predicted molar refractivity (Wildman–Crippen MR) is 63.4 cm³/mol. The van der Waals surface area contributed by atoms with E-state index in [0.29, 0.717) is 26.1 Å². The molecule has 18 heavy (non-hydrogen) atoms. The molecule has 0 spiro atoms. The van der Waals surface area contributed by atoms with E-state index in [9.17, 15) is 8.42 Å². The lowest BCUT2D eigenvalue weighted by Crippen LogP contribution is -2.40. The first-order valence-electron chi connectivity index (χ1n) is 5.81. The summed E-state index contributed by atoms with van der Waals surface area (Å²) in [6, 6.07) is 2.77. The van der Waals surface area contributed by atoms with Crippen LogP contribution in [0.15, 0.2) is 21.6 Å². The Morgan fingerprint density at radius 3 is 2.61 bits per heavy atom. The lowest BCUT2D eigenvalue weighted by Gasteiger charge is -2.29. The molecule has 6 nitrogen and oxygen atoms in total. The molecule has 0 aliphatic carbocycles. The Hall–Kier alpha value is -0.890. The van der Waals surface area contributed by atoms with Crippen molar-refractivity contribution in [3.63, 3.8) is 0 Å². The molecule has 1 aliphatic heterocycles. The number of rotatable bonds is 4. The first-order chi connectivity index (χ1) is 8.55. The molecule has 0 atom stereocenters. The quantitative estimate of drug-likeness (QED) is 0.869. The largest absolute Gasteiger partial charge is 0.446 e. The second-order valence-electron chi connectivity index (χ2n) is 4.24. The topological polar surface area (TPSA) is 80.0 Å². The minimum atomic E-state index is -3.63. The van der Waals surface area contributed by atoms with Crippen LogP contribution >= 0.6 is 0 Å².